The molecule has 1 aliphatic heterocycles. The second-order valence-corrected chi connectivity index (χ2v) is 7.41. The summed E-state index contributed by atoms with van der Waals surface area (Å²) in [5.74, 6) is -2.70. The molecule has 0 radical (unpaired) electrons. The molecule has 3 N–H and O–H groups in total. The summed E-state index contributed by atoms with van der Waals surface area (Å²) in [5, 5.41) is 25.0. The highest BCUT2D eigenvalue weighted by Crippen LogP contribution is 2.37. The van der Waals surface area contributed by atoms with Gasteiger partial charge in [-0.2, -0.15) is 0 Å². The first-order valence-electron chi connectivity index (χ1n) is 10.9. The van der Waals surface area contributed by atoms with Crippen molar-refractivity contribution in [2.75, 3.05) is 19.6 Å². The van der Waals surface area contributed by atoms with Gasteiger partial charge in [0.15, 0.2) is 0 Å². The number of carboxylic acid groups (broad SMARTS) is 3. The van der Waals surface area contributed by atoms with Gasteiger partial charge in [-0.05, 0) is 54.4 Å². The molecule has 0 atom stereocenters. The number of aromatic carboxylic acids is 1. The Kier molecular flexibility index (Phi) is 10.0. The van der Waals surface area contributed by atoms with E-state index in [4.69, 9.17) is 14.9 Å². The lowest BCUT2D eigenvalue weighted by Gasteiger charge is -2.17. The molecule has 0 saturated heterocycles. The number of carboxylic acids is 3. The Morgan fingerprint density at radius 3 is 2.18 bits per heavy atom. The molecular weight excluding hydrogens is 438 g/mol. The SMILES string of the molecule is CCN(CC)CC/C=C1/c2ccccc2COc2ccc(C(=O)O)cc21.O=C(O)/C=C/C(=O)O. The molecule has 1 aliphatic rings. The largest absolute Gasteiger partial charge is 0.488 e. The van der Waals surface area contributed by atoms with Crippen LogP contribution in [-0.4, -0.2) is 57.8 Å². The number of benzene rings is 2. The van der Waals surface area contributed by atoms with Crippen LogP contribution in [0.2, 0.25) is 0 Å². The van der Waals surface area contributed by atoms with Crippen LogP contribution in [0.15, 0.2) is 60.7 Å². The van der Waals surface area contributed by atoms with Crippen LogP contribution in [0.5, 0.6) is 5.75 Å². The minimum absolute atomic E-state index is 0.279. The van der Waals surface area contributed by atoms with Crippen LogP contribution in [0.4, 0.5) is 0 Å². The van der Waals surface area contributed by atoms with E-state index in [0.717, 1.165) is 54.1 Å². The first-order chi connectivity index (χ1) is 16.3. The van der Waals surface area contributed by atoms with Crippen molar-refractivity contribution in [1.29, 1.82) is 0 Å². The molecule has 0 amide bonds. The smallest absolute Gasteiger partial charge is 0.335 e. The molecule has 0 aliphatic carbocycles. The second kappa shape index (κ2) is 13.0. The molecule has 0 saturated carbocycles. The van der Waals surface area contributed by atoms with Crippen molar-refractivity contribution < 1.29 is 34.4 Å². The molecule has 0 bridgehead atoms. The maximum Gasteiger partial charge on any atom is 0.335 e. The third-order valence-corrected chi connectivity index (χ3v) is 5.26. The third-order valence-electron chi connectivity index (χ3n) is 5.26. The van der Waals surface area contributed by atoms with Gasteiger partial charge in [-0.15, -0.1) is 0 Å². The summed E-state index contributed by atoms with van der Waals surface area (Å²) in [6.07, 6.45) is 4.24. The van der Waals surface area contributed by atoms with Gasteiger partial charge >= 0.3 is 17.9 Å². The first-order valence-corrected chi connectivity index (χ1v) is 10.9. The number of hydrogen-bond acceptors (Lipinski definition) is 5. The van der Waals surface area contributed by atoms with E-state index in [1.165, 1.54) is 0 Å². The van der Waals surface area contributed by atoms with Gasteiger partial charge in [0.1, 0.15) is 12.4 Å². The standard InChI is InChI=1S/C22H25NO3.C4H4O4/c1-3-23(4-2)13-7-10-19-18-9-6-5-8-17(18)15-26-21-12-11-16(22(24)25)14-20(19)21;5-3(6)1-2-4(7)8/h5-6,8-12,14H,3-4,7,13,15H2,1-2H3,(H,24,25);1-2H,(H,5,6)(H,7,8)/b19-10-;2-1+. The molecule has 0 aromatic heterocycles. The molecule has 0 fully saturated rings. The zero-order valence-electron chi connectivity index (χ0n) is 19.2. The number of fused-ring (bicyclic) bond motifs is 2. The predicted molar refractivity (Wildman–Crippen MR) is 128 cm³/mol. The van der Waals surface area contributed by atoms with Crippen LogP contribution in [-0.2, 0) is 16.2 Å². The fourth-order valence-corrected chi connectivity index (χ4v) is 3.50. The summed E-state index contributed by atoms with van der Waals surface area (Å²) in [5.41, 5.74) is 4.43. The minimum Gasteiger partial charge on any atom is -0.488 e. The lowest BCUT2D eigenvalue weighted by atomic mass is 9.92. The monoisotopic (exact) mass is 467 g/mol. The Hall–Kier alpha value is -3.91. The summed E-state index contributed by atoms with van der Waals surface area (Å²) in [6.45, 7) is 7.86. The van der Waals surface area contributed by atoms with Gasteiger partial charge < -0.3 is 25.0 Å². The van der Waals surface area contributed by atoms with Crippen molar-refractivity contribution in [3.05, 3.63) is 82.9 Å². The van der Waals surface area contributed by atoms with Crippen LogP contribution in [0.3, 0.4) is 0 Å². The quantitative estimate of drug-likeness (QED) is 0.495. The highest BCUT2D eigenvalue weighted by Gasteiger charge is 2.20. The normalized spacial score (nSPS) is 13.3. The molecule has 0 spiro atoms. The third kappa shape index (κ3) is 7.60. The molecular formula is C26H29NO7. The van der Waals surface area contributed by atoms with Crippen molar-refractivity contribution in [3.8, 4) is 5.75 Å². The second-order valence-electron chi connectivity index (χ2n) is 7.41. The summed E-state index contributed by atoms with van der Waals surface area (Å²) >= 11 is 0. The summed E-state index contributed by atoms with van der Waals surface area (Å²) in [6, 6.07) is 13.3. The first kappa shape index (κ1) is 26.3. The van der Waals surface area contributed by atoms with E-state index >= 15 is 0 Å². The fourth-order valence-electron chi connectivity index (χ4n) is 3.50. The molecule has 34 heavy (non-hydrogen) atoms. The Morgan fingerprint density at radius 1 is 0.941 bits per heavy atom. The van der Waals surface area contributed by atoms with Crippen LogP contribution < -0.4 is 4.74 Å². The zero-order chi connectivity index (χ0) is 25.1. The Morgan fingerprint density at radius 2 is 1.59 bits per heavy atom. The summed E-state index contributed by atoms with van der Waals surface area (Å²) in [7, 11) is 0. The van der Waals surface area contributed by atoms with Gasteiger partial charge in [-0.25, -0.2) is 14.4 Å². The van der Waals surface area contributed by atoms with E-state index in [9.17, 15) is 19.5 Å². The van der Waals surface area contributed by atoms with E-state index in [1.54, 1.807) is 18.2 Å². The predicted octanol–water partition coefficient (Wildman–Crippen LogP) is 4.15. The minimum atomic E-state index is -1.26. The molecule has 2 aromatic carbocycles. The van der Waals surface area contributed by atoms with Crippen LogP contribution in [0, 0.1) is 0 Å². The summed E-state index contributed by atoms with van der Waals surface area (Å²) < 4.78 is 5.97. The number of carbonyl (C=O) groups is 3. The fraction of sp³-hybridized carbons (Fsp3) is 0.269. The molecule has 180 valence electrons. The van der Waals surface area contributed by atoms with Crippen LogP contribution in [0.25, 0.3) is 5.57 Å². The lowest BCUT2D eigenvalue weighted by molar-refractivity contribution is -0.134. The number of rotatable bonds is 8. The molecule has 3 rings (SSSR count). The Labute approximate surface area is 198 Å². The van der Waals surface area contributed by atoms with Crippen molar-refractivity contribution in [2.24, 2.45) is 0 Å². The number of ether oxygens (including phenoxy) is 1. The molecule has 2 aromatic rings. The van der Waals surface area contributed by atoms with Gasteiger partial charge in [0.2, 0.25) is 0 Å². The highest BCUT2D eigenvalue weighted by molar-refractivity contribution is 5.92. The van der Waals surface area contributed by atoms with E-state index in [2.05, 4.69) is 37.0 Å². The number of hydrogen-bond donors (Lipinski definition) is 3. The van der Waals surface area contributed by atoms with Crippen molar-refractivity contribution >= 4 is 23.5 Å². The van der Waals surface area contributed by atoms with Crippen LogP contribution >= 0.6 is 0 Å². The Bertz CT molecular complexity index is 1070. The summed E-state index contributed by atoms with van der Waals surface area (Å²) in [4.78, 5) is 32.9. The average Bonchev–Trinajstić information content (AvgIpc) is 2.97. The Balaban J connectivity index is 0.000000440. The van der Waals surface area contributed by atoms with Gasteiger partial charge in [-0.1, -0.05) is 44.2 Å². The van der Waals surface area contributed by atoms with E-state index in [1.807, 2.05) is 12.1 Å². The lowest BCUT2D eigenvalue weighted by Crippen LogP contribution is -2.23. The maximum atomic E-state index is 11.4. The van der Waals surface area contributed by atoms with Crippen LogP contribution in [0.1, 0.15) is 47.3 Å². The highest BCUT2D eigenvalue weighted by atomic mass is 16.5. The molecule has 1 heterocycles. The maximum absolute atomic E-state index is 11.4. The molecule has 8 heteroatoms. The van der Waals surface area contributed by atoms with E-state index in [-0.39, 0.29) is 5.56 Å². The van der Waals surface area contributed by atoms with Crippen molar-refractivity contribution in [2.45, 2.75) is 26.9 Å². The van der Waals surface area contributed by atoms with E-state index < -0.39 is 17.9 Å². The zero-order valence-corrected chi connectivity index (χ0v) is 19.2. The topological polar surface area (TPSA) is 124 Å². The van der Waals surface area contributed by atoms with E-state index in [0.29, 0.717) is 18.8 Å². The van der Waals surface area contributed by atoms with Gasteiger partial charge in [0.05, 0.1) is 5.56 Å². The van der Waals surface area contributed by atoms with Crippen molar-refractivity contribution in [1.82, 2.24) is 4.90 Å². The van der Waals surface area contributed by atoms with Crippen molar-refractivity contribution in [3.63, 3.8) is 0 Å². The van der Waals surface area contributed by atoms with Gasteiger partial charge in [-0.3, -0.25) is 0 Å². The number of aliphatic carboxylic acids is 2. The van der Waals surface area contributed by atoms with Gasteiger partial charge in [0, 0.05) is 24.3 Å². The molecule has 8 nitrogen and oxygen atoms in total. The number of nitrogens with zero attached hydrogens (tertiary/aromatic N) is 1. The average molecular weight is 468 g/mol. The molecule has 0 unspecified atom stereocenters. The van der Waals surface area contributed by atoms with Gasteiger partial charge in [0.25, 0.3) is 0 Å².